The maximum atomic E-state index is 12.8. The summed E-state index contributed by atoms with van der Waals surface area (Å²) in [5.41, 5.74) is 2.09. The molecule has 0 saturated heterocycles. The zero-order valence-electron chi connectivity index (χ0n) is 16.6. The van der Waals surface area contributed by atoms with Gasteiger partial charge in [-0.05, 0) is 61.9 Å². The molecule has 0 fully saturated rings. The predicted octanol–water partition coefficient (Wildman–Crippen LogP) is 6.65. The first kappa shape index (κ1) is 22.2. The molecule has 1 heterocycles. The summed E-state index contributed by atoms with van der Waals surface area (Å²) in [7, 11) is 0. The monoisotopic (exact) mass is 433 g/mol. The number of benzene rings is 2. The Kier molecular flexibility index (Phi) is 7.05. The lowest BCUT2D eigenvalue weighted by Gasteiger charge is -2.17. The van der Waals surface area contributed by atoms with Crippen LogP contribution in [-0.2, 0) is 10.9 Å². The summed E-state index contributed by atoms with van der Waals surface area (Å²) in [6.07, 6.45) is -4.37. The average molecular weight is 433 g/mol. The number of pyridine rings is 1. The van der Waals surface area contributed by atoms with Crippen LogP contribution >= 0.6 is 11.8 Å². The van der Waals surface area contributed by atoms with Crippen LogP contribution in [0, 0.1) is 6.92 Å². The molecular weight excluding hydrogens is 411 g/mol. The van der Waals surface area contributed by atoms with Crippen LogP contribution < -0.4 is 0 Å². The van der Waals surface area contributed by atoms with Crippen molar-refractivity contribution in [3.8, 4) is 17.0 Å². The highest BCUT2D eigenvalue weighted by atomic mass is 32.2. The molecule has 0 radical (unpaired) electrons. The standard InChI is InChI=1S/C23H22F3NO2S/c1-3-29-14-22(30-18-11-12-21(28)15(2)13-18)20-6-4-5-19(27-20)16-7-9-17(10-8-16)23(24,25)26/h4-13,22,28H,3,14H2,1-2H3. The number of rotatable bonds is 7. The number of phenolic OH excluding ortho intramolecular Hbond substituents is 1. The van der Waals surface area contributed by atoms with Gasteiger partial charge in [0.15, 0.2) is 0 Å². The summed E-state index contributed by atoms with van der Waals surface area (Å²) in [6, 6.07) is 15.9. The molecule has 0 aliphatic heterocycles. The van der Waals surface area contributed by atoms with Crippen LogP contribution in [0.2, 0.25) is 0 Å². The average Bonchev–Trinajstić information content (AvgIpc) is 2.73. The minimum absolute atomic E-state index is 0.108. The summed E-state index contributed by atoms with van der Waals surface area (Å²) in [5.74, 6) is 0.239. The van der Waals surface area contributed by atoms with E-state index in [4.69, 9.17) is 9.72 Å². The van der Waals surface area contributed by atoms with E-state index in [1.807, 2.05) is 38.1 Å². The molecule has 0 amide bonds. The molecule has 3 rings (SSSR count). The van der Waals surface area contributed by atoms with Gasteiger partial charge in [0.25, 0.3) is 0 Å². The number of aromatic hydroxyl groups is 1. The molecule has 3 nitrogen and oxygen atoms in total. The van der Waals surface area contributed by atoms with Gasteiger partial charge in [-0.25, -0.2) is 0 Å². The first-order chi connectivity index (χ1) is 14.3. The number of halogens is 3. The Morgan fingerprint density at radius 2 is 1.80 bits per heavy atom. The molecule has 3 aromatic rings. The van der Waals surface area contributed by atoms with Crippen molar-refractivity contribution in [2.45, 2.75) is 30.2 Å². The van der Waals surface area contributed by atoms with Gasteiger partial charge < -0.3 is 9.84 Å². The van der Waals surface area contributed by atoms with E-state index in [1.165, 1.54) is 12.1 Å². The summed E-state index contributed by atoms with van der Waals surface area (Å²) >= 11 is 1.57. The zero-order valence-corrected chi connectivity index (χ0v) is 17.4. The van der Waals surface area contributed by atoms with Crippen LogP contribution in [0.25, 0.3) is 11.3 Å². The van der Waals surface area contributed by atoms with Crippen molar-refractivity contribution in [1.29, 1.82) is 0 Å². The smallest absolute Gasteiger partial charge is 0.416 e. The molecule has 0 spiro atoms. The van der Waals surface area contributed by atoms with Crippen LogP contribution in [0.1, 0.15) is 29.0 Å². The van der Waals surface area contributed by atoms with Crippen molar-refractivity contribution in [2.75, 3.05) is 13.2 Å². The zero-order chi connectivity index (χ0) is 21.7. The first-order valence-electron chi connectivity index (χ1n) is 9.46. The van der Waals surface area contributed by atoms with E-state index in [2.05, 4.69) is 0 Å². The van der Waals surface area contributed by atoms with Crippen molar-refractivity contribution < 1.29 is 23.0 Å². The number of phenols is 1. The second-order valence-electron chi connectivity index (χ2n) is 6.74. The molecule has 0 bridgehead atoms. The number of ether oxygens (including phenoxy) is 1. The minimum Gasteiger partial charge on any atom is -0.508 e. The molecule has 1 N–H and O–H groups in total. The lowest BCUT2D eigenvalue weighted by molar-refractivity contribution is -0.137. The molecule has 1 aromatic heterocycles. The van der Waals surface area contributed by atoms with Gasteiger partial charge in [-0.15, -0.1) is 11.8 Å². The van der Waals surface area contributed by atoms with E-state index in [0.717, 1.165) is 28.3 Å². The normalized spacial score (nSPS) is 12.7. The van der Waals surface area contributed by atoms with Gasteiger partial charge in [-0.1, -0.05) is 18.2 Å². The minimum atomic E-state index is -4.37. The van der Waals surface area contributed by atoms with Gasteiger partial charge in [-0.3, -0.25) is 4.98 Å². The van der Waals surface area contributed by atoms with Crippen molar-refractivity contribution >= 4 is 11.8 Å². The Balaban J connectivity index is 1.88. The number of thioether (sulfide) groups is 1. The second kappa shape index (κ2) is 9.53. The van der Waals surface area contributed by atoms with Crippen LogP contribution in [0.5, 0.6) is 5.75 Å². The Morgan fingerprint density at radius 3 is 2.43 bits per heavy atom. The lowest BCUT2D eigenvalue weighted by Crippen LogP contribution is -2.07. The van der Waals surface area contributed by atoms with Crippen LogP contribution in [0.4, 0.5) is 13.2 Å². The third-order valence-corrected chi connectivity index (χ3v) is 5.72. The van der Waals surface area contributed by atoms with E-state index < -0.39 is 11.7 Å². The largest absolute Gasteiger partial charge is 0.508 e. The van der Waals surface area contributed by atoms with Crippen LogP contribution in [0.3, 0.4) is 0 Å². The molecule has 0 aliphatic carbocycles. The van der Waals surface area contributed by atoms with E-state index in [-0.39, 0.29) is 11.0 Å². The molecule has 158 valence electrons. The fourth-order valence-electron chi connectivity index (χ4n) is 2.89. The highest BCUT2D eigenvalue weighted by Crippen LogP contribution is 2.37. The molecule has 0 saturated carbocycles. The summed E-state index contributed by atoms with van der Waals surface area (Å²) < 4.78 is 44.1. The van der Waals surface area contributed by atoms with E-state index in [9.17, 15) is 18.3 Å². The molecule has 2 aromatic carbocycles. The maximum absolute atomic E-state index is 12.8. The Morgan fingerprint density at radius 1 is 1.07 bits per heavy atom. The Bertz CT molecular complexity index is 990. The maximum Gasteiger partial charge on any atom is 0.416 e. The second-order valence-corrected chi connectivity index (χ2v) is 8.01. The van der Waals surface area contributed by atoms with Gasteiger partial charge in [0, 0.05) is 17.1 Å². The van der Waals surface area contributed by atoms with E-state index in [1.54, 1.807) is 23.9 Å². The van der Waals surface area contributed by atoms with E-state index >= 15 is 0 Å². The summed E-state index contributed by atoms with van der Waals surface area (Å²) in [4.78, 5) is 5.66. The molecule has 1 atom stereocenters. The highest BCUT2D eigenvalue weighted by Gasteiger charge is 2.30. The predicted molar refractivity (Wildman–Crippen MR) is 113 cm³/mol. The van der Waals surface area contributed by atoms with E-state index in [0.29, 0.717) is 24.5 Å². The lowest BCUT2D eigenvalue weighted by atomic mass is 10.1. The van der Waals surface area contributed by atoms with Crippen molar-refractivity contribution in [2.24, 2.45) is 0 Å². The summed E-state index contributed by atoms with van der Waals surface area (Å²) in [6.45, 7) is 4.74. The molecule has 0 aliphatic rings. The fraction of sp³-hybridized carbons (Fsp3) is 0.261. The Hall–Kier alpha value is -2.51. The number of hydrogen-bond donors (Lipinski definition) is 1. The van der Waals surface area contributed by atoms with Gasteiger partial charge in [0.2, 0.25) is 0 Å². The van der Waals surface area contributed by atoms with Crippen molar-refractivity contribution in [1.82, 2.24) is 4.98 Å². The number of aryl methyl sites for hydroxylation is 1. The van der Waals surface area contributed by atoms with Gasteiger partial charge >= 0.3 is 6.18 Å². The van der Waals surface area contributed by atoms with Gasteiger partial charge in [-0.2, -0.15) is 13.2 Å². The van der Waals surface area contributed by atoms with Gasteiger partial charge in [0.1, 0.15) is 5.75 Å². The van der Waals surface area contributed by atoms with Crippen molar-refractivity contribution in [3.05, 3.63) is 77.5 Å². The topological polar surface area (TPSA) is 42.4 Å². The quantitative estimate of drug-likeness (QED) is 0.424. The van der Waals surface area contributed by atoms with Crippen molar-refractivity contribution in [3.63, 3.8) is 0 Å². The highest BCUT2D eigenvalue weighted by molar-refractivity contribution is 7.99. The number of nitrogens with zero attached hydrogens (tertiary/aromatic N) is 1. The van der Waals surface area contributed by atoms with Crippen LogP contribution in [-0.4, -0.2) is 23.3 Å². The summed E-state index contributed by atoms with van der Waals surface area (Å²) in [5, 5.41) is 9.64. The first-order valence-corrected chi connectivity index (χ1v) is 10.3. The molecule has 7 heteroatoms. The third-order valence-electron chi connectivity index (χ3n) is 4.53. The molecular formula is C23H22F3NO2S. The number of hydrogen-bond acceptors (Lipinski definition) is 4. The van der Waals surface area contributed by atoms with Gasteiger partial charge in [0.05, 0.1) is 28.8 Å². The molecule has 30 heavy (non-hydrogen) atoms. The van der Waals surface area contributed by atoms with Crippen LogP contribution in [0.15, 0.2) is 65.6 Å². The SMILES string of the molecule is CCOCC(Sc1ccc(O)c(C)c1)c1cccc(-c2ccc(C(F)(F)F)cc2)n1. The fourth-order valence-corrected chi connectivity index (χ4v) is 4.03. The number of aromatic nitrogens is 1. The number of alkyl halides is 3. The third kappa shape index (κ3) is 5.55. The Labute approximate surface area is 177 Å². The molecule has 1 unspecified atom stereocenters.